The van der Waals surface area contributed by atoms with E-state index < -0.39 is 0 Å². The van der Waals surface area contributed by atoms with E-state index in [1.165, 1.54) is 21.5 Å². The molecule has 0 saturated carbocycles. The largest absolute Gasteiger partial charge is 0.355 e. The molecule has 2 aromatic heterocycles. The van der Waals surface area contributed by atoms with Gasteiger partial charge >= 0.3 is 0 Å². The standard InChI is InChI=1S/C14H17N3OS2/c1-10-5-7-16-14(17-10)19-9-13(18)15-8-6-12-4-3-11(2)20-12/h3-5,7H,6,8-9H2,1-2H3,(H,15,18). The third-order valence-electron chi connectivity index (χ3n) is 2.59. The molecule has 0 fully saturated rings. The van der Waals surface area contributed by atoms with E-state index in [2.05, 4.69) is 34.3 Å². The molecule has 0 aliphatic heterocycles. The van der Waals surface area contributed by atoms with Crippen molar-refractivity contribution in [2.45, 2.75) is 25.4 Å². The second-order valence-electron chi connectivity index (χ2n) is 4.38. The molecular formula is C14H17N3OS2. The summed E-state index contributed by atoms with van der Waals surface area (Å²) in [6.07, 6.45) is 2.59. The van der Waals surface area contributed by atoms with Crippen LogP contribution in [0.5, 0.6) is 0 Å². The minimum Gasteiger partial charge on any atom is -0.355 e. The van der Waals surface area contributed by atoms with Crippen molar-refractivity contribution >= 4 is 29.0 Å². The van der Waals surface area contributed by atoms with Gasteiger partial charge in [-0.25, -0.2) is 9.97 Å². The number of aryl methyl sites for hydroxylation is 2. The fraction of sp³-hybridized carbons (Fsp3) is 0.357. The number of carbonyl (C=O) groups is 1. The molecule has 0 bridgehead atoms. The van der Waals surface area contributed by atoms with Crippen molar-refractivity contribution in [3.8, 4) is 0 Å². The molecule has 0 aliphatic rings. The molecule has 1 N–H and O–H groups in total. The highest BCUT2D eigenvalue weighted by Crippen LogP contribution is 2.15. The Labute approximate surface area is 127 Å². The molecule has 6 heteroatoms. The number of rotatable bonds is 6. The first-order chi connectivity index (χ1) is 9.63. The number of hydrogen-bond donors (Lipinski definition) is 1. The monoisotopic (exact) mass is 307 g/mol. The minimum absolute atomic E-state index is 0.0217. The fourth-order valence-electron chi connectivity index (χ4n) is 1.62. The fourth-order valence-corrected chi connectivity index (χ4v) is 3.22. The molecule has 0 saturated heterocycles. The SMILES string of the molecule is Cc1ccnc(SCC(=O)NCCc2ccc(C)s2)n1. The van der Waals surface area contributed by atoms with Gasteiger partial charge in [-0.1, -0.05) is 11.8 Å². The van der Waals surface area contributed by atoms with E-state index in [9.17, 15) is 4.79 Å². The number of aromatic nitrogens is 2. The maximum atomic E-state index is 11.7. The average molecular weight is 307 g/mol. The van der Waals surface area contributed by atoms with Crippen molar-refractivity contribution in [3.63, 3.8) is 0 Å². The van der Waals surface area contributed by atoms with E-state index >= 15 is 0 Å². The van der Waals surface area contributed by atoms with E-state index in [0.29, 0.717) is 17.5 Å². The van der Waals surface area contributed by atoms with E-state index in [4.69, 9.17) is 0 Å². The van der Waals surface area contributed by atoms with Gasteiger partial charge < -0.3 is 5.32 Å². The molecule has 106 valence electrons. The zero-order valence-corrected chi connectivity index (χ0v) is 13.2. The van der Waals surface area contributed by atoms with Gasteiger partial charge in [0.05, 0.1) is 5.75 Å². The Kier molecular flexibility index (Phi) is 5.55. The number of thiophene rings is 1. The van der Waals surface area contributed by atoms with Crippen LogP contribution in [0.15, 0.2) is 29.6 Å². The molecule has 20 heavy (non-hydrogen) atoms. The summed E-state index contributed by atoms with van der Waals surface area (Å²) in [5.74, 6) is 0.376. The molecule has 0 aliphatic carbocycles. The predicted octanol–water partition coefficient (Wildman–Crippen LogP) is 2.61. The van der Waals surface area contributed by atoms with Gasteiger partial charge in [-0.05, 0) is 38.5 Å². The lowest BCUT2D eigenvalue weighted by Gasteiger charge is -2.04. The van der Waals surface area contributed by atoms with Crippen LogP contribution in [0.4, 0.5) is 0 Å². The van der Waals surface area contributed by atoms with Crippen molar-refractivity contribution in [1.82, 2.24) is 15.3 Å². The molecule has 2 heterocycles. The van der Waals surface area contributed by atoms with Crippen molar-refractivity contribution in [2.75, 3.05) is 12.3 Å². The Morgan fingerprint density at radius 1 is 1.35 bits per heavy atom. The van der Waals surface area contributed by atoms with Crippen molar-refractivity contribution < 1.29 is 4.79 Å². The number of nitrogens with one attached hydrogen (secondary N) is 1. The number of nitrogens with zero attached hydrogens (tertiary/aromatic N) is 2. The molecule has 1 amide bonds. The topological polar surface area (TPSA) is 54.9 Å². The number of thioether (sulfide) groups is 1. The first-order valence-electron chi connectivity index (χ1n) is 6.38. The van der Waals surface area contributed by atoms with Gasteiger partial charge in [0.1, 0.15) is 0 Å². The van der Waals surface area contributed by atoms with Gasteiger partial charge in [-0.2, -0.15) is 0 Å². The summed E-state index contributed by atoms with van der Waals surface area (Å²) in [5, 5.41) is 3.56. The molecule has 0 spiro atoms. The van der Waals surface area contributed by atoms with Crippen molar-refractivity contribution in [2.24, 2.45) is 0 Å². The third kappa shape index (κ3) is 4.94. The van der Waals surface area contributed by atoms with Crippen LogP contribution in [0.1, 0.15) is 15.4 Å². The average Bonchev–Trinajstić information content (AvgIpc) is 2.82. The van der Waals surface area contributed by atoms with Gasteiger partial charge in [-0.3, -0.25) is 4.79 Å². The predicted molar refractivity (Wildman–Crippen MR) is 83.3 cm³/mol. The lowest BCUT2D eigenvalue weighted by atomic mass is 10.3. The van der Waals surface area contributed by atoms with Crippen LogP contribution in [0.3, 0.4) is 0 Å². The highest BCUT2D eigenvalue weighted by molar-refractivity contribution is 7.99. The van der Waals surface area contributed by atoms with Crippen LogP contribution in [0.2, 0.25) is 0 Å². The lowest BCUT2D eigenvalue weighted by Crippen LogP contribution is -2.27. The van der Waals surface area contributed by atoms with Crippen LogP contribution >= 0.6 is 23.1 Å². The summed E-state index contributed by atoms with van der Waals surface area (Å²) in [6.45, 7) is 4.67. The molecule has 4 nitrogen and oxygen atoms in total. The lowest BCUT2D eigenvalue weighted by molar-refractivity contribution is -0.118. The Balaban J connectivity index is 1.68. The number of hydrogen-bond acceptors (Lipinski definition) is 5. The maximum Gasteiger partial charge on any atom is 0.230 e. The zero-order chi connectivity index (χ0) is 14.4. The Morgan fingerprint density at radius 3 is 2.90 bits per heavy atom. The van der Waals surface area contributed by atoms with Crippen molar-refractivity contribution in [1.29, 1.82) is 0 Å². The summed E-state index contributed by atoms with van der Waals surface area (Å²) in [4.78, 5) is 22.7. The number of amides is 1. The third-order valence-corrected chi connectivity index (χ3v) is 4.52. The van der Waals surface area contributed by atoms with Crippen LogP contribution < -0.4 is 5.32 Å². The summed E-state index contributed by atoms with van der Waals surface area (Å²) in [6, 6.07) is 6.06. The molecule has 2 rings (SSSR count). The normalized spacial score (nSPS) is 10.5. The highest BCUT2D eigenvalue weighted by atomic mass is 32.2. The first kappa shape index (κ1) is 15.0. The quantitative estimate of drug-likeness (QED) is 0.658. The van der Waals surface area contributed by atoms with Gasteiger partial charge in [0.25, 0.3) is 0 Å². The van der Waals surface area contributed by atoms with Gasteiger partial charge in [0.2, 0.25) is 5.91 Å². The highest BCUT2D eigenvalue weighted by Gasteiger charge is 2.05. The van der Waals surface area contributed by atoms with Crippen LogP contribution in [0, 0.1) is 13.8 Å². The van der Waals surface area contributed by atoms with Crippen molar-refractivity contribution in [3.05, 3.63) is 39.8 Å². The Hall–Kier alpha value is -1.40. The molecule has 0 atom stereocenters. The van der Waals surface area contributed by atoms with E-state index in [1.807, 2.05) is 13.0 Å². The molecular weight excluding hydrogens is 290 g/mol. The molecule has 0 aromatic carbocycles. The van der Waals surface area contributed by atoms with Crippen LogP contribution in [-0.2, 0) is 11.2 Å². The Morgan fingerprint density at radius 2 is 2.20 bits per heavy atom. The second kappa shape index (κ2) is 7.40. The molecule has 0 unspecified atom stereocenters. The van der Waals surface area contributed by atoms with Gasteiger partial charge in [-0.15, -0.1) is 11.3 Å². The maximum absolute atomic E-state index is 11.7. The zero-order valence-electron chi connectivity index (χ0n) is 11.5. The van der Waals surface area contributed by atoms with Crippen LogP contribution in [-0.4, -0.2) is 28.2 Å². The molecule has 0 radical (unpaired) electrons. The number of carbonyl (C=O) groups excluding carboxylic acids is 1. The van der Waals surface area contributed by atoms with E-state index in [-0.39, 0.29) is 5.91 Å². The molecule has 2 aromatic rings. The van der Waals surface area contributed by atoms with Gasteiger partial charge in [0, 0.05) is 28.2 Å². The van der Waals surface area contributed by atoms with Crippen LogP contribution in [0.25, 0.3) is 0 Å². The van der Waals surface area contributed by atoms with E-state index in [1.54, 1.807) is 17.5 Å². The summed E-state index contributed by atoms with van der Waals surface area (Å²) in [7, 11) is 0. The summed E-state index contributed by atoms with van der Waals surface area (Å²) >= 11 is 3.14. The summed E-state index contributed by atoms with van der Waals surface area (Å²) < 4.78 is 0. The Bertz CT molecular complexity index is 583. The smallest absolute Gasteiger partial charge is 0.230 e. The minimum atomic E-state index is 0.0217. The first-order valence-corrected chi connectivity index (χ1v) is 8.18. The van der Waals surface area contributed by atoms with Gasteiger partial charge in [0.15, 0.2) is 5.16 Å². The second-order valence-corrected chi connectivity index (χ2v) is 6.70. The summed E-state index contributed by atoms with van der Waals surface area (Å²) in [5.41, 5.74) is 0.913. The van der Waals surface area contributed by atoms with E-state index in [0.717, 1.165) is 12.1 Å².